The Hall–Kier alpha value is -3.34. The molecule has 0 unspecified atom stereocenters. The number of hydrogen-bond donors (Lipinski definition) is 3. The van der Waals surface area contributed by atoms with Gasteiger partial charge in [-0.3, -0.25) is 4.79 Å². The summed E-state index contributed by atoms with van der Waals surface area (Å²) in [6.45, 7) is 3.86. The molecule has 0 bridgehead atoms. The van der Waals surface area contributed by atoms with Gasteiger partial charge in [0, 0.05) is 48.0 Å². The summed E-state index contributed by atoms with van der Waals surface area (Å²) in [5.74, 6) is 0.900. The van der Waals surface area contributed by atoms with Crippen LogP contribution in [0.15, 0.2) is 64.5 Å². The van der Waals surface area contributed by atoms with Gasteiger partial charge < -0.3 is 31.3 Å². The first kappa shape index (κ1) is 23.8. The highest BCUT2D eigenvalue weighted by Crippen LogP contribution is 2.36. The highest BCUT2D eigenvalue weighted by molar-refractivity contribution is 7.99. The van der Waals surface area contributed by atoms with Crippen LogP contribution in [0.25, 0.3) is 0 Å². The molecule has 1 aromatic heterocycles. The smallest absolute Gasteiger partial charge is 0.238 e. The molecule has 34 heavy (non-hydrogen) atoms. The molecule has 178 valence electrons. The van der Waals surface area contributed by atoms with Gasteiger partial charge in [0.1, 0.15) is 6.61 Å². The van der Waals surface area contributed by atoms with Crippen LogP contribution in [0.4, 0.5) is 17.3 Å². The van der Waals surface area contributed by atoms with Crippen LogP contribution in [0.3, 0.4) is 0 Å². The van der Waals surface area contributed by atoms with Crippen LogP contribution in [-0.4, -0.2) is 60.5 Å². The second kappa shape index (κ2) is 11.2. The van der Waals surface area contributed by atoms with Gasteiger partial charge in [-0.2, -0.15) is 4.98 Å². The number of nitrogens with zero attached hydrogens (tertiary/aromatic N) is 4. The average molecular weight is 480 g/mol. The number of nitrogen functional groups attached to an aromatic ring is 1. The van der Waals surface area contributed by atoms with Gasteiger partial charge in [-0.25, -0.2) is 4.98 Å². The van der Waals surface area contributed by atoms with Crippen molar-refractivity contribution in [3.63, 3.8) is 0 Å². The lowest BCUT2D eigenvalue weighted by Gasteiger charge is -2.32. The number of aromatic nitrogens is 2. The van der Waals surface area contributed by atoms with Gasteiger partial charge in [0.2, 0.25) is 17.7 Å². The molecule has 1 aliphatic rings. The molecule has 5 N–H and O–H groups in total. The Balaban J connectivity index is 1.58. The number of nitrogens with one attached hydrogen (secondary N) is 1. The summed E-state index contributed by atoms with van der Waals surface area (Å²) in [4.78, 5) is 27.2. The maximum atomic E-state index is 11.7. The van der Waals surface area contributed by atoms with Crippen LogP contribution >= 0.6 is 11.8 Å². The van der Waals surface area contributed by atoms with Crippen LogP contribution in [0, 0.1) is 0 Å². The van der Waals surface area contributed by atoms with Crippen LogP contribution < -0.4 is 26.4 Å². The van der Waals surface area contributed by atoms with Crippen molar-refractivity contribution in [3.05, 3.63) is 60.3 Å². The average Bonchev–Trinajstić information content (AvgIpc) is 2.85. The van der Waals surface area contributed by atoms with Gasteiger partial charge in [0.15, 0.2) is 0 Å². The maximum Gasteiger partial charge on any atom is 0.238 e. The Labute approximate surface area is 203 Å². The van der Waals surface area contributed by atoms with Crippen LogP contribution in [0.2, 0.25) is 0 Å². The SMILES string of the molecule is CN1CCN(c2ncc(Sc3cccc(NC(=O)CN)c3)c(OCc3ccccc3N)n2)CC1. The molecule has 0 radical (unpaired) electrons. The van der Waals surface area contributed by atoms with E-state index in [2.05, 4.69) is 27.1 Å². The minimum absolute atomic E-state index is 0.0699. The molecule has 1 fully saturated rings. The summed E-state index contributed by atoms with van der Waals surface area (Å²) < 4.78 is 6.17. The van der Waals surface area contributed by atoms with Crippen LogP contribution in [-0.2, 0) is 11.4 Å². The van der Waals surface area contributed by atoms with Crippen molar-refractivity contribution < 1.29 is 9.53 Å². The predicted molar refractivity (Wildman–Crippen MR) is 135 cm³/mol. The number of amides is 1. The number of ether oxygens (including phenoxy) is 1. The fourth-order valence-electron chi connectivity index (χ4n) is 3.47. The van der Waals surface area contributed by atoms with Crippen molar-refractivity contribution in [3.8, 4) is 5.88 Å². The van der Waals surface area contributed by atoms with Gasteiger partial charge in [-0.15, -0.1) is 0 Å². The molecule has 2 heterocycles. The first-order valence-corrected chi connectivity index (χ1v) is 11.9. The van der Waals surface area contributed by atoms with Gasteiger partial charge >= 0.3 is 0 Å². The Morgan fingerprint density at radius 2 is 1.94 bits per heavy atom. The van der Waals surface area contributed by atoms with Crippen molar-refractivity contribution in [2.24, 2.45) is 5.73 Å². The van der Waals surface area contributed by atoms with E-state index < -0.39 is 0 Å². The predicted octanol–water partition coefficient (Wildman–Crippen LogP) is 2.44. The Morgan fingerprint density at radius 3 is 2.71 bits per heavy atom. The largest absolute Gasteiger partial charge is 0.472 e. The van der Waals surface area contributed by atoms with E-state index in [4.69, 9.17) is 21.2 Å². The highest BCUT2D eigenvalue weighted by atomic mass is 32.2. The Kier molecular flexibility index (Phi) is 7.84. The molecule has 10 heteroatoms. The summed E-state index contributed by atoms with van der Waals surface area (Å²) in [5.41, 5.74) is 13.8. The first-order valence-electron chi connectivity index (χ1n) is 11.1. The topological polar surface area (TPSA) is 123 Å². The van der Waals surface area contributed by atoms with Gasteiger partial charge in [-0.05, 0) is 31.3 Å². The molecular formula is C24H29N7O2S. The number of rotatable bonds is 8. The Morgan fingerprint density at radius 1 is 1.15 bits per heavy atom. The molecule has 1 aliphatic heterocycles. The van der Waals surface area contributed by atoms with Gasteiger partial charge in [-0.1, -0.05) is 36.0 Å². The van der Waals surface area contributed by atoms with E-state index in [0.29, 0.717) is 29.8 Å². The third-order valence-electron chi connectivity index (χ3n) is 5.45. The van der Waals surface area contributed by atoms with Crippen molar-refractivity contribution in [1.82, 2.24) is 14.9 Å². The third kappa shape index (κ3) is 6.16. The van der Waals surface area contributed by atoms with E-state index in [1.807, 2.05) is 48.5 Å². The normalized spacial score (nSPS) is 14.1. The van der Waals surface area contributed by atoms with Crippen molar-refractivity contribution >= 4 is 35.0 Å². The van der Waals surface area contributed by atoms with Crippen molar-refractivity contribution in [2.45, 2.75) is 16.4 Å². The zero-order chi connectivity index (χ0) is 23.9. The molecule has 0 spiro atoms. The summed E-state index contributed by atoms with van der Waals surface area (Å²) in [5, 5.41) is 2.78. The zero-order valence-electron chi connectivity index (χ0n) is 19.1. The maximum absolute atomic E-state index is 11.7. The number of likely N-dealkylation sites (N-methyl/N-ethyl adjacent to an activating group) is 1. The summed E-state index contributed by atoms with van der Waals surface area (Å²) in [6.07, 6.45) is 1.79. The molecule has 2 aromatic carbocycles. The second-order valence-electron chi connectivity index (χ2n) is 8.00. The van der Waals surface area contributed by atoms with Crippen LogP contribution in [0.5, 0.6) is 5.88 Å². The van der Waals surface area contributed by atoms with Gasteiger partial charge in [0.05, 0.1) is 17.6 Å². The lowest BCUT2D eigenvalue weighted by Crippen LogP contribution is -2.45. The molecular weight excluding hydrogens is 450 g/mol. The fourth-order valence-corrected chi connectivity index (χ4v) is 4.35. The fraction of sp³-hybridized carbons (Fsp3) is 0.292. The molecule has 1 saturated heterocycles. The minimum atomic E-state index is -0.244. The lowest BCUT2D eigenvalue weighted by atomic mass is 10.2. The quantitative estimate of drug-likeness (QED) is 0.418. The first-order chi connectivity index (χ1) is 16.5. The molecule has 3 aromatic rings. The standard InChI is InChI=1S/C24H29N7O2S/c1-30-9-11-31(12-10-30)24-27-15-21(23(29-24)33-16-17-5-2-3-8-20(17)26)34-19-7-4-6-18(13-19)28-22(32)14-25/h2-8,13,15H,9-12,14,16,25-26H2,1H3,(H,28,32). The molecule has 4 rings (SSSR count). The Bertz CT molecular complexity index is 1140. The van der Waals surface area contributed by atoms with E-state index >= 15 is 0 Å². The molecule has 1 amide bonds. The third-order valence-corrected chi connectivity index (χ3v) is 6.44. The summed E-state index contributed by atoms with van der Waals surface area (Å²) in [7, 11) is 2.11. The number of para-hydroxylation sites is 1. The number of carbonyl (C=O) groups is 1. The number of piperazine rings is 1. The summed E-state index contributed by atoms with van der Waals surface area (Å²) in [6, 6.07) is 15.1. The zero-order valence-corrected chi connectivity index (χ0v) is 19.9. The molecule has 0 aliphatic carbocycles. The summed E-state index contributed by atoms with van der Waals surface area (Å²) >= 11 is 1.47. The highest BCUT2D eigenvalue weighted by Gasteiger charge is 2.19. The lowest BCUT2D eigenvalue weighted by molar-refractivity contribution is -0.114. The number of anilines is 3. The van der Waals surface area contributed by atoms with Crippen LogP contribution in [0.1, 0.15) is 5.56 Å². The molecule has 0 saturated carbocycles. The number of carbonyl (C=O) groups excluding carboxylic acids is 1. The van der Waals surface area contributed by atoms with Crippen molar-refractivity contribution in [1.29, 1.82) is 0 Å². The number of nitrogens with two attached hydrogens (primary N) is 2. The monoisotopic (exact) mass is 479 g/mol. The molecule has 9 nitrogen and oxygen atoms in total. The van der Waals surface area contributed by atoms with E-state index in [-0.39, 0.29) is 12.5 Å². The van der Waals surface area contributed by atoms with E-state index in [0.717, 1.165) is 41.5 Å². The van der Waals surface area contributed by atoms with E-state index in [9.17, 15) is 4.79 Å². The van der Waals surface area contributed by atoms with E-state index in [1.54, 1.807) is 6.20 Å². The van der Waals surface area contributed by atoms with Crippen molar-refractivity contribution in [2.75, 3.05) is 55.7 Å². The number of benzene rings is 2. The van der Waals surface area contributed by atoms with Gasteiger partial charge in [0.25, 0.3) is 0 Å². The number of hydrogen-bond acceptors (Lipinski definition) is 9. The second-order valence-corrected chi connectivity index (χ2v) is 9.11. The molecule has 0 atom stereocenters. The van der Waals surface area contributed by atoms with E-state index in [1.165, 1.54) is 11.8 Å². The minimum Gasteiger partial charge on any atom is -0.472 e.